The molecule has 344 valence electrons. The number of carbonyl (C=O) groups is 2. The molecular weight excluding hydrogens is 719 g/mol. The lowest BCUT2D eigenvalue weighted by Crippen LogP contribution is -2.46. The molecule has 0 aromatic carbocycles. The number of ether oxygens (including phenoxy) is 1. The van der Waals surface area contributed by atoms with Crippen LogP contribution in [0.2, 0.25) is 0 Å². The Hall–Kier alpha value is -1.40. The van der Waals surface area contributed by atoms with Gasteiger partial charge in [-0.15, -0.1) is 0 Å². The van der Waals surface area contributed by atoms with Crippen LogP contribution in [-0.2, 0) is 14.3 Å². The molecular formula is C52H101NO5. The van der Waals surface area contributed by atoms with Crippen LogP contribution in [0.5, 0.6) is 0 Å². The van der Waals surface area contributed by atoms with Crippen LogP contribution in [0.4, 0.5) is 0 Å². The first-order valence-electron chi connectivity index (χ1n) is 25.9. The van der Waals surface area contributed by atoms with Crippen molar-refractivity contribution >= 4 is 11.9 Å². The van der Waals surface area contributed by atoms with E-state index in [1.165, 1.54) is 180 Å². The Kier molecular flexibility index (Phi) is 45.5. The van der Waals surface area contributed by atoms with Gasteiger partial charge in [0.1, 0.15) is 6.10 Å². The van der Waals surface area contributed by atoms with E-state index in [9.17, 15) is 19.8 Å². The van der Waals surface area contributed by atoms with Gasteiger partial charge < -0.3 is 20.3 Å². The molecule has 0 aliphatic rings. The molecule has 58 heavy (non-hydrogen) atoms. The fourth-order valence-corrected chi connectivity index (χ4v) is 8.13. The molecule has 0 aliphatic heterocycles. The first-order valence-corrected chi connectivity index (χ1v) is 25.9. The van der Waals surface area contributed by atoms with E-state index in [0.29, 0.717) is 19.3 Å². The predicted molar refractivity (Wildman–Crippen MR) is 250 cm³/mol. The zero-order chi connectivity index (χ0) is 42.4. The number of aliphatic hydroxyl groups is 2. The van der Waals surface area contributed by atoms with Crippen molar-refractivity contribution in [1.29, 1.82) is 0 Å². The molecule has 0 bridgehead atoms. The summed E-state index contributed by atoms with van der Waals surface area (Å²) in [5.41, 5.74) is 0. The summed E-state index contributed by atoms with van der Waals surface area (Å²) in [6, 6.07) is -0.697. The van der Waals surface area contributed by atoms with Gasteiger partial charge >= 0.3 is 5.97 Å². The van der Waals surface area contributed by atoms with Crippen LogP contribution in [0.25, 0.3) is 0 Å². The van der Waals surface area contributed by atoms with E-state index in [-0.39, 0.29) is 24.9 Å². The fraction of sp³-hybridized carbons (Fsp3) is 0.923. The molecule has 6 nitrogen and oxygen atoms in total. The summed E-state index contributed by atoms with van der Waals surface area (Å²) in [5, 5.41) is 23.7. The molecule has 0 spiro atoms. The molecule has 1 amide bonds. The highest BCUT2D eigenvalue weighted by atomic mass is 16.5. The Labute approximate surface area is 361 Å². The summed E-state index contributed by atoms with van der Waals surface area (Å²) in [6.45, 7) is 6.48. The van der Waals surface area contributed by atoms with Crippen molar-refractivity contribution in [3.63, 3.8) is 0 Å². The number of allylic oxidation sites excluding steroid dienone is 2. The Morgan fingerprint density at radius 3 is 1.24 bits per heavy atom. The van der Waals surface area contributed by atoms with Crippen LogP contribution in [0, 0.1) is 0 Å². The van der Waals surface area contributed by atoms with Gasteiger partial charge in [0.15, 0.2) is 0 Å². The average molecular weight is 820 g/mol. The summed E-state index contributed by atoms with van der Waals surface area (Å²) >= 11 is 0. The molecule has 0 fully saturated rings. The monoisotopic (exact) mass is 820 g/mol. The van der Waals surface area contributed by atoms with Crippen LogP contribution in [-0.4, -0.2) is 46.9 Å². The zero-order valence-corrected chi connectivity index (χ0v) is 39.2. The van der Waals surface area contributed by atoms with E-state index in [2.05, 4.69) is 38.2 Å². The maximum Gasteiger partial charge on any atom is 0.306 e. The Morgan fingerprint density at radius 1 is 0.483 bits per heavy atom. The summed E-state index contributed by atoms with van der Waals surface area (Å²) in [7, 11) is 0. The largest absolute Gasteiger partial charge is 0.462 e. The molecule has 0 saturated carbocycles. The number of rotatable bonds is 47. The van der Waals surface area contributed by atoms with Gasteiger partial charge in [0.2, 0.25) is 5.91 Å². The molecule has 0 aromatic heterocycles. The van der Waals surface area contributed by atoms with Gasteiger partial charge in [0, 0.05) is 6.42 Å². The highest BCUT2D eigenvalue weighted by Crippen LogP contribution is 2.18. The van der Waals surface area contributed by atoms with Crippen molar-refractivity contribution in [1.82, 2.24) is 5.32 Å². The second-order valence-corrected chi connectivity index (χ2v) is 17.9. The van der Waals surface area contributed by atoms with E-state index < -0.39 is 18.2 Å². The average Bonchev–Trinajstić information content (AvgIpc) is 3.22. The number of unbranched alkanes of at least 4 members (excludes halogenated alkanes) is 33. The van der Waals surface area contributed by atoms with Gasteiger partial charge in [0.05, 0.1) is 25.2 Å². The highest BCUT2D eigenvalue weighted by molar-refractivity contribution is 5.77. The first-order chi connectivity index (χ1) is 28.5. The molecule has 3 unspecified atom stereocenters. The second kappa shape index (κ2) is 46.7. The van der Waals surface area contributed by atoms with Crippen molar-refractivity contribution in [3.8, 4) is 0 Å². The smallest absolute Gasteiger partial charge is 0.306 e. The lowest BCUT2D eigenvalue weighted by Gasteiger charge is -2.24. The molecule has 0 rings (SSSR count). The number of aliphatic hydroxyl groups excluding tert-OH is 2. The van der Waals surface area contributed by atoms with Crippen molar-refractivity contribution in [3.05, 3.63) is 12.2 Å². The Morgan fingerprint density at radius 2 is 0.828 bits per heavy atom. The number of amides is 1. The summed E-state index contributed by atoms with van der Waals surface area (Å²) in [6.07, 6.45) is 51.2. The number of hydrogen-bond acceptors (Lipinski definition) is 5. The lowest BCUT2D eigenvalue weighted by atomic mass is 10.0. The van der Waals surface area contributed by atoms with Gasteiger partial charge in [-0.2, -0.15) is 0 Å². The van der Waals surface area contributed by atoms with Gasteiger partial charge in [-0.3, -0.25) is 9.59 Å². The summed E-state index contributed by atoms with van der Waals surface area (Å²) in [4.78, 5) is 26.1. The summed E-state index contributed by atoms with van der Waals surface area (Å²) in [5.74, 6) is -0.465. The SMILES string of the molecule is CCCCCC/C=C\CCCCCCCC(CC(=O)NC(CO)C(O)CCCCCCCCCCCCCC)OC(=O)CCCCCCCCCCCCCCCC. The minimum atomic E-state index is -0.783. The molecule has 0 heterocycles. The molecule has 6 heteroatoms. The van der Waals surface area contributed by atoms with Gasteiger partial charge in [-0.05, 0) is 51.4 Å². The molecule has 0 aliphatic carbocycles. The maximum absolute atomic E-state index is 13.2. The molecule has 0 aromatic rings. The van der Waals surface area contributed by atoms with Crippen LogP contribution < -0.4 is 5.32 Å². The van der Waals surface area contributed by atoms with Gasteiger partial charge in [0.25, 0.3) is 0 Å². The zero-order valence-electron chi connectivity index (χ0n) is 39.2. The van der Waals surface area contributed by atoms with Gasteiger partial charge in [-0.25, -0.2) is 0 Å². The molecule has 3 atom stereocenters. The number of esters is 1. The number of nitrogens with one attached hydrogen (secondary N) is 1. The van der Waals surface area contributed by atoms with Crippen molar-refractivity contribution < 1.29 is 24.5 Å². The molecule has 0 saturated heterocycles. The highest BCUT2D eigenvalue weighted by Gasteiger charge is 2.24. The number of carbonyl (C=O) groups excluding carboxylic acids is 2. The standard InChI is InChI=1S/C52H101NO5/c1-4-7-10-13-16-19-22-25-27-30-33-36-39-42-45-52(57)58-48(43-40-37-34-31-28-26-23-20-17-14-11-8-5-2)46-51(56)53-49(47-54)50(55)44-41-38-35-32-29-24-21-18-15-12-9-6-3/h20,23,48-50,54-55H,4-19,21-22,24-47H2,1-3H3,(H,53,56)/b23-20-. The third-order valence-corrected chi connectivity index (χ3v) is 12.1. The van der Waals surface area contributed by atoms with Crippen LogP contribution in [0.3, 0.4) is 0 Å². The molecule has 0 radical (unpaired) electrons. The van der Waals surface area contributed by atoms with Crippen LogP contribution in [0.1, 0.15) is 284 Å². The second-order valence-electron chi connectivity index (χ2n) is 17.9. The van der Waals surface area contributed by atoms with Crippen LogP contribution >= 0.6 is 0 Å². The minimum absolute atomic E-state index is 0.0787. The normalized spacial score (nSPS) is 13.3. The first kappa shape index (κ1) is 56.6. The van der Waals surface area contributed by atoms with Crippen molar-refractivity contribution in [2.24, 2.45) is 0 Å². The minimum Gasteiger partial charge on any atom is -0.462 e. The maximum atomic E-state index is 13.2. The predicted octanol–water partition coefficient (Wildman–Crippen LogP) is 15.3. The van der Waals surface area contributed by atoms with E-state index >= 15 is 0 Å². The third-order valence-electron chi connectivity index (χ3n) is 12.1. The third kappa shape index (κ3) is 41.3. The fourth-order valence-electron chi connectivity index (χ4n) is 8.13. The molecule has 3 N–H and O–H groups in total. The topological polar surface area (TPSA) is 95.9 Å². The van der Waals surface area contributed by atoms with E-state index in [1.807, 2.05) is 0 Å². The van der Waals surface area contributed by atoms with Crippen LogP contribution in [0.15, 0.2) is 12.2 Å². The van der Waals surface area contributed by atoms with E-state index in [0.717, 1.165) is 57.8 Å². The quantitative estimate of drug-likeness (QED) is 0.0323. The van der Waals surface area contributed by atoms with E-state index in [1.54, 1.807) is 0 Å². The Bertz CT molecular complexity index is 878. The summed E-state index contributed by atoms with van der Waals surface area (Å²) < 4.78 is 5.93. The van der Waals surface area contributed by atoms with Crippen molar-refractivity contribution in [2.75, 3.05) is 6.61 Å². The van der Waals surface area contributed by atoms with Crippen molar-refractivity contribution in [2.45, 2.75) is 302 Å². The number of hydrogen-bond donors (Lipinski definition) is 3. The lowest BCUT2D eigenvalue weighted by molar-refractivity contribution is -0.151. The Balaban J connectivity index is 4.54. The van der Waals surface area contributed by atoms with E-state index in [4.69, 9.17) is 4.74 Å². The van der Waals surface area contributed by atoms with Gasteiger partial charge in [-0.1, -0.05) is 232 Å².